The van der Waals surface area contributed by atoms with E-state index in [1.54, 1.807) is 0 Å². The Bertz CT molecular complexity index is 562. The van der Waals surface area contributed by atoms with Gasteiger partial charge in [-0.1, -0.05) is 24.3 Å². The maximum atomic E-state index is 10.4. The Morgan fingerprint density at radius 3 is 2.76 bits per heavy atom. The number of rotatable bonds is 7. The van der Waals surface area contributed by atoms with Crippen LogP contribution in [0.5, 0.6) is 0 Å². The number of fused-ring (bicyclic) bond motifs is 1. The number of aliphatic hydroxyl groups is 1. The van der Waals surface area contributed by atoms with Gasteiger partial charge in [0, 0.05) is 32.7 Å². The van der Waals surface area contributed by atoms with Crippen LogP contribution in [0.4, 0.5) is 0 Å². The second-order valence-corrected chi connectivity index (χ2v) is 6.95. The molecule has 1 aromatic carbocycles. The third-order valence-corrected chi connectivity index (χ3v) is 4.74. The third kappa shape index (κ3) is 6.75. The van der Waals surface area contributed by atoms with Gasteiger partial charge in [-0.15, -0.1) is 24.0 Å². The second kappa shape index (κ2) is 10.3. The number of aliphatic imine (C=N–C) groups is 1. The lowest BCUT2D eigenvalue weighted by Gasteiger charge is -2.30. The predicted octanol–water partition coefficient (Wildman–Crippen LogP) is 1.99. The van der Waals surface area contributed by atoms with Crippen molar-refractivity contribution in [2.24, 2.45) is 10.9 Å². The Balaban J connectivity index is 0.00000225. The van der Waals surface area contributed by atoms with Gasteiger partial charge in [-0.2, -0.15) is 0 Å². The number of benzene rings is 1. The molecule has 1 saturated carbocycles. The summed E-state index contributed by atoms with van der Waals surface area (Å²) in [5.74, 6) is 1.64. The van der Waals surface area contributed by atoms with Crippen LogP contribution in [0, 0.1) is 5.92 Å². The van der Waals surface area contributed by atoms with Gasteiger partial charge in [0.15, 0.2) is 5.96 Å². The summed E-state index contributed by atoms with van der Waals surface area (Å²) in [5.41, 5.74) is 2.83. The van der Waals surface area contributed by atoms with Gasteiger partial charge in [-0.05, 0) is 43.2 Å². The van der Waals surface area contributed by atoms with E-state index in [0.29, 0.717) is 13.1 Å². The van der Waals surface area contributed by atoms with E-state index in [1.165, 1.54) is 24.0 Å². The highest BCUT2D eigenvalue weighted by molar-refractivity contribution is 14.0. The van der Waals surface area contributed by atoms with Crippen molar-refractivity contribution in [3.63, 3.8) is 0 Å². The molecular weight excluding hydrogens is 427 g/mol. The summed E-state index contributed by atoms with van der Waals surface area (Å²) in [6.45, 7) is 6.96. The summed E-state index contributed by atoms with van der Waals surface area (Å²) in [4.78, 5) is 6.87. The van der Waals surface area contributed by atoms with Crippen LogP contribution in [-0.2, 0) is 13.0 Å². The minimum Gasteiger partial charge on any atom is -0.390 e. The molecule has 1 aliphatic carbocycles. The van der Waals surface area contributed by atoms with E-state index < -0.39 is 6.10 Å². The number of aliphatic hydroxyl groups excluding tert-OH is 1. The molecule has 1 unspecified atom stereocenters. The average Bonchev–Trinajstić information content (AvgIpc) is 3.41. The van der Waals surface area contributed by atoms with E-state index in [9.17, 15) is 5.11 Å². The Morgan fingerprint density at radius 1 is 1.28 bits per heavy atom. The molecule has 1 fully saturated rings. The molecule has 1 aromatic rings. The maximum Gasteiger partial charge on any atom is 0.191 e. The quantitative estimate of drug-likeness (QED) is 0.333. The Hall–Kier alpha value is -0.860. The van der Waals surface area contributed by atoms with Crippen LogP contribution in [0.3, 0.4) is 0 Å². The standard InChI is InChI=1S/C19H30N4O.HI/c1-2-20-19(21-11-15-7-8-15)22-12-18(24)14-23-10-9-16-5-3-4-6-17(16)13-23;/h3-6,15,18,24H,2,7-14H2,1H3,(H2,20,21,22);1H. The fourth-order valence-corrected chi connectivity index (χ4v) is 3.17. The maximum absolute atomic E-state index is 10.4. The highest BCUT2D eigenvalue weighted by Gasteiger charge is 2.21. The van der Waals surface area contributed by atoms with E-state index in [-0.39, 0.29) is 24.0 Å². The van der Waals surface area contributed by atoms with E-state index in [2.05, 4.69) is 51.7 Å². The average molecular weight is 458 g/mol. The van der Waals surface area contributed by atoms with Crippen molar-refractivity contribution < 1.29 is 5.11 Å². The van der Waals surface area contributed by atoms with Crippen molar-refractivity contribution in [2.75, 3.05) is 32.7 Å². The monoisotopic (exact) mass is 458 g/mol. The summed E-state index contributed by atoms with van der Waals surface area (Å²) in [6.07, 6.45) is 3.29. The first-order valence-corrected chi connectivity index (χ1v) is 9.24. The van der Waals surface area contributed by atoms with Gasteiger partial charge in [0.25, 0.3) is 0 Å². The molecule has 3 N–H and O–H groups in total. The number of nitrogens with zero attached hydrogens (tertiary/aromatic N) is 2. The molecule has 0 spiro atoms. The Labute approximate surface area is 168 Å². The molecule has 2 aliphatic rings. The second-order valence-electron chi connectivity index (χ2n) is 6.95. The summed E-state index contributed by atoms with van der Waals surface area (Å²) >= 11 is 0. The van der Waals surface area contributed by atoms with Crippen molar-refractivity contribution in [3.8, 4) is 0 Å². The molecule has 1 heterocycles. The number of nitrogens with one attached hydrogen (secondary N) is 2. The number of β-amino-alcohol motifs (C(OH)–C–C–N with tert-alkyl or cyclic N) is 1. The van der Waals surface area contributed by atoms with Gasteiger partial charge in [0.05, 0.1) is 12.6 Å². The predicted molar refractivity (Wildman–Crippen MR) is 114 cm³/mol. The van der Waals surface area contributed by atoms with Crippen LogP contribution in [-0.4, -0.2) is 54.8 Å². The zero-order chi connectivity index (χ0) is 16.8. The van der Waals surface area contributed by atoms with Gasteiger partial charge in [0.2, 0.25) is 0 Å². The van der Waals surface area contributed by atoms with E-state index in [1.807, 2.05) is 0 Å². The smallest absolute Gasteiger partial charge is 0.191 e. The summed E-state index contributed by atoms with van der Waals surface area (Å²) in [6, 6.07) is 8.60. The topological polar surface area (TPSA) is 59.9 Å². The Kier molecular flexibility index (Phi) is 8.45. The highest BCUT2D eigenvalue weighted by atomic mass is 127. The fraction of sp³-hybridized carbons (Fsp3) is 0.632. The molecular formula is C19H31IN4O. The summed E-state index contributed by atoms with van der Waals surface area (Å²) in [5, 5.41) is 17.0. The van der Waals surface area contributed by atoms with Crippen molar-refractivity contribution in [1.29, 1.82) is 0 Å². The minimum atomic E-state index is -0.424. The van der Waals surface area contributed by atoms with Gasteiger partial charge in [-0.25, -0.2) is 0 Å². The van der Waals surface area contributed by atoms with Gasteiger partial charge < -0.3 is 15.7 Å². The first kappa shape index (κ1) is 20.5. The van der Waals surface area contributed by atoms with E-state index in [4.69, 9.17) is 0 Å². The normalized spacial score (nSPS) is 18.9. The minimum absolute atomic E-state index is 0. The molecule has 1 aliphatic heterocycles. The largest absolute Gasteiger partial charge is 0.390 e. The third-order valence-electron chi connectivity index (χ3n) is 4.74. The lowest BCUT2D eigenvalue weighted by molar-refractivity contribution is 0.111. The lowest BCUT2D eigenvalue weighted by Crippen LogP contribution is -2.40. The van der Waals surface area contributed by atoms with Crippen LogP contribution in [0.2, 0.25) is 0 Å². The van der Waals surface area contributed by atoms with Crippen molar-refractivity contribution in [1.82, 2.24) is 15.5 Å². The van der Waals surface area contributed by atoms with Gasteiger partial charge >= 0.3 is 0 Å². The van der Waals surface area contributed by atoms with E-state index >= 15 is 0 Å². The zero-order valence-corrected chi connectivity index (χ0v) is 17.4. The molecule has 0 aromatic heterocycles. The molecule has 25 heavy (non-hydrogen) atoms. The molecule has 0 saturated heterocycles. The van der Waals surface area contributed by atoms with Crippen LogP contribution in [0.1, 0.15) is 30.9 Å². The number of halogens is 1. The lowest BCUT2D eigenvalue weighted by atomic mass is 10.00. The fourth-order valence-electron chi connectivity index (χ4n) is 3.17. The van der Waals surface area contributed by atoms with Gasteiger partial charge in [0.1, 0.15) is 0 Å². The molecule has 0 bridgehead atoms. The molecule has 140 valence electrons. The van der Waals surface area contributed by atoms with Crippen LogP contribution in [0.25, 0.3) is 0 Å². The summed E-state index contributed by atoms with van der Waals surface area (Å²) < 4.78 is 0. The first-order chi connectivity index (χ1) is 11.7. The zero-order valence-electron chi connectivity index (χ0n) is 15.1. The summed E-state index contributed by atoms with van der Waals surface area (Å²) in [7, 11) is 0. The van der Waals surface area contributed by atoms with Crippen LogP contribution < -0.4 is 10.6 Å². The number of guanidine groups is 1. The Morgan fingerprint density at radius 2 is 2.04 bits per heavy atom. The molecule has 5 nitrogen and oxygen atoms in total. The molecule has 0 radical (unpaired) electrons. The van der Waals surface area contributed by atoms with Crippen LogP contribution >= 0.6 is 24.0 Å². The number of hydrogen-bond acceptors (Lipinski definition) is 3. The van der Waals surface area contributed by atoms with Crippen molar-refractivity contribution >= 4 is 29.9 Å². The first-order valence-electron chi connectivity index (χ1n) is 9.24. The van der Waals surface area contributed by atoms with Crippen molar-refractivity contribution in [3.05, 3.63) is 35.4 Å². The van der Waals surface area contributed by atoms with Crippen molar-refractivity contribution in [2.45, 2.75) is 38.8 Å². The molecule has 1 atom stereocenters. The SMILES string of the molecule is CCNC(=NCC(O)CN1CCc2ccccc2C1)NCC1CC1.I. The molecule has 0 amide bonds. The van der Waals surface area contributed by atoms with E-state index in [0.717, 1.165) is 44.5 Å². The van der Waals surface area contributed by atoms with Gasteiger partial charge in [-0.3, -0.25) is 9.89 Å². The highest BCUT2D eigenvalue weighted by Crippen LogP contribution is 2.27. The number of hydrogen-bond donors (Lipinski definition) is 3. The molecule has 3 rings (SSSR count). The van der Waals surface area contributed by atoms with Crippen LogP contribution in [0.15, 0.2) is 29.3 Å². The molecule has 6 heteroatoms.